The minimum atomic E-state index is -1.47. The third-order valence-corrected chi connectivity index (χ3v) is 2.15. The molecule has 0 saturated heterocycles. The van der Waals surface area contributed by atoms with Crippen LogP contribution in [0.3, 0.4) is 0 Å². The van der Waals surface area contributed by atoms with Gasteiger partial charge in [0.15, 0.2) is 0 Å². The van der Waals surface area contributed by atoms with Crippen molar-refractivity contribution in [2.75, 3.05) is 5.73 Å². The number of aliphatic carboxylic acids is 1. The molecule has 7 nitrogen and oxygen atoms in total. The molecule has 1 aromatic rings. The first-order valence-corrected chi connectivity index (χ1v) is 4.69. The van der Waals surface area contributed by atoms with Gasteiger partial charge in [0.1, 0.15) is 18.0 Å². The Hall–Kier alpha value is -2.17. The molecular formula is C10H11N3O4. The number of aliphatic hydroxyl groups is 2. The van der Waals surface area contributed by atoms with Crippen molar-refractivity contribution in [1.29, 1.82) is 5.26 Å². The van der Waals surface area contributed by atoms with Gasteiger partial charge < -0.3 is 21.1 Å². The summed E-state index contributed by atoms with van der Waals surface area (Å²) in [6, 6.07) is 3.04. The molecule has 7 heteroatoms. The van der Waals surface area contributed by atoms with Crippen LogP contribution in [0.15, 0.2) is 12.3 Å². The molecule has 1 aromatic heterocycles. The summed E-state index contributed by atoms with van der Waals surface area (Å²) in [5.74, 6) is -1.23. The smallest absolute Gasteiger partial charge is 0.306 e. The molecule has 90 valence electrons. The largest absolute Gasteiger partial charge is 0.481 e. The number of nitrogens with zero attached hydrogens (tertiary/aromatic N) is 2. The molecule has 2 unspecified atom stereocenters. The molecule has 0 fully saturated rings. The fourth-order valence-electron chi connectivity index (χ4n) is 1.26. The molecule has 0 saturated carbocycles. The van der Waals surface area contributed by atoms with Gasteiger partial charge in [0.2, 0.25) is 0 Å². The zero-order valence-corrected chi connectivity index (χ0v) is 8.74. The zero-order valence-electron chi connectivity index (χ0n) is 8.74. The van der Waals surface area contributed by atoms with E-state index in [1.807, 2.05) is 0 Å². The van der Waals surface area contributed by atoms with E-state index in [2.05, 4.69) is 4.98 Å². The van der Waals surface area contributed by atoms with Crippen molar-refractivity contribution in [1.82, 2.24) is 4.98 Å². The van der Waals surface area contributed by atoms with Crippen molar-refractivity contribution < 1.29 is 20.1 Å². The summed E-state index contributed by atoms with van der Waals surface area (Å²) in [6.07, 6.45) is -2.31. The van der Waals surface area contributed by atoms with Gasteiger partial charge in [-0.05, 0) is 6.07 Å². The fourth-order valence-corrected chi connectivity index (χ4v) is 1.26. The lowest BCUT2D eigenvalue weighted by Crippen LogP contribution is -2.22. The fraction of sp³-hybridized carbons (Fsp3) is 0.300. The molecule has 1 rings (SSSR count). The highest BCUT2D eigenvalue weighted by atomic mass is 16.4. The molecule has 0 aliphatic carbocycles. The van der Waals surface area contributed by atoms with Gasteiger partial charge >= 0.3 is 5.97 Å². The van der Waals surface area contributed by atoms with Crippen LogP contribution in [0.25, 0.3) is 0 Å². The monoisotopic (exact) mass is 237 g/mol. The van der Waals surface area contributed by atoms with E-state index in [0.29, 0.717) is 0 Å². The summed E-state index contributed by atoms with van der Waals surface area (Å²) in [7, 11) is 0. The Bertz CT molecular complexity index is 469. The predicted octanol–water partition coefficient (Wildman–Crippen LogP) is -0.596. The highest BCUT2D eigenvalue weighted by Gasteiger charge is 2.22. The number of hydrogen-bond donors (Lipinski definition) is 4. The van der Waals surface area contributed by atoms with E-state index < -0.39 is 24.6 Å². The van der Waals surface area contributed by atoms with E-state index in [0.717, 1.165) is 0 Å². The second kappa shape index (κ2) is 5.25. The SMILES string of the molecule is N#Cc1cc(C(O)C(O)CC(=O)O)cnc1N. The number of pyridine rings is 1. The van der Waals surface area contributed by atoms with Gasteiger partial charge in [-0.3, -0.25) is 4.79 Å². The first kappa shape index (κ1) is 12.9. The van der Waals surface area contributed by atoms with Gasteiger partial charge in [-0.2, -0.15) is 5.26 Å². The van der Waals surface area contributed by atoms with Crippen LogP contribution in [-0.2, 0) is 4.79 Å². The van der Waals surface area contributed by atoms with Gasteiger partial charge in [-0.1, -0.05) is 0 Å². The molecule has 2 atom stereocenters. The van der Waals surface area contributed by atoms with E-state index in [1.54, 1.807) is 6.07 Å². The minimum absolute atomic E-state index is 0.0103. The van der Waals surface area contributed by atoms with Gasteiger partial charge in [-0.25, -0.2) is 4.98 Å². The predicted molar refractivity (Wildman–Crippen MR) is 56.6 cm³/mol. The van der Waals surface area contributed by atoms with E-state index in [-0.39, 0.29) is 16.9 Å². The molecule has 1 heterocycles. The molecular weight excluding hydrogens is 226 g/mol. The number of carboxylic acid groups (broad SMARTS) is 1. The molecule has 0 spiro atoms. The number of nitriles is 1. The van der Waals surface area contributed by atoms with Crippen LogP contribution in [-0.4, -0.2) is 32.4 Å². The lowest BCUT2D eigenvalue weighted by molar-refractivity contribution is -0.141. The third-order valence-electron chi connectivity index (χ3n) is 2.15. The van der Waals surface area contributed by atoms with Gasteiger partial charge in [0, 0.05) is 11.8 Å². The number of carboxylic acids is 1. The number of rotatable bonds is 4. The van der Waals surface area contributed by atoms with Crippen molar-refractivity contribution in [3.8, 4) is 6.07 Å². The Morgan fingerprint density at radius 1 is 1.59 bits per heavy atom. The lowest BCUT2D eigenvalue weighted by Gasteiger charge is -2.16. The second-order valence-electron chi connectivity index (χ2n) is 3.42. The summed E-state index contributed by atoms with van der Waals surface area (Å²) in [5.41, 5.74) is 5.59. The number of aromatic nitrogens is 1. The standard InChI is InChI=1S/C10H11N3O4/c11-3-5-1-6(4-13-10(5)12)9(17)7(14)2-8(15)16/h1,4,7,9,14,17H,2H2,(H2,12,13)(H,15,16). The number of nitrogen functional groups attached to an aromatic ring is 1. The third kappa shape index (κ3) is 3.14. The molecule has 5 N–H and O–H groups in total. The maximum atomic E-state index is 10.4. The van der Waals surface area contributed by atoms with Gasteiger partial charge in [0.25, 0.3) is 0 Å². The highest BCUT2D eigenvalue weighted by molar-refractivity contribution is 5.67. The molecule has 0 amide bonds. The first-order chi connectivity index (χ1) is 7.95. The molecule has 0 aliphatic rings. The Kier molecular flexibility index (Phi) is 3.98. The molecule has 0 bridgehead atoms. The quantitative estimate of drug-likeness (QED) is 0.548. The van der Waals surface area contributed by atoms with Crippen LogP contribution in [0, 0.1) is 11.3 Å². The first-order valence-electron chi connectivity index (χ1n) is 4.69. The van der Waals surface area contributed by atoms with Crippen molar-refractivity contribution in [3.05, 3.63) is 23.4 Å². The average molecular weight is 237 g/mol. The van der Waals surface area contributed by atoms with Crippen LogP contribution in [0.4, 0.5) is 5.82 Å². The number of nitrogens with two attached hydrogens (primary N) is 1. The van der Waals surface area contributed by atoms with E-state index in [9.17, 15) is 15.0 Å². The lowest BCUT2D eigenvalue weighted by atomic mass is 10.0. The van der Waals surface area contributed by atoms with Crippen molar-refractivity contribution in [2.24, 2.45) is 0 Å². The van der Waals surface area contributed by atoms with E-state index >= 15 is 0 Å². The van der Waals surface area contributed by atoms with E-state index in [4.69, 9.17) is 16.1 Å². The topological polar surface area (TPSA) is 140 Å². The number of aliphatic hydroxyl groups excluding tert-OH is 2. The number of carbonyl (C=O) groups is 1. The summed E-state index contributed by atoms with van der Waals surface area (Å²) in [4.78, 5) is 14.0. The number of hydrogen-bond acceptors (Lipinski definition) is 6. The molecule has 0 aromatic carbocycles. The Morgan fingerprint density at radius 2 is 2.24 bits per heavy atom. The maximum absolute atomic E-state index is 10.4. The van der Waals surface area contributed by atoms with Crippen molar-refractivity contribution >= 4 is 11.8 Å². The van der Waals surface area contributed by atoms with Crippen molar-refractivity contribution in [2.45, 2.75) is 18.6 Å². The van der Waals surface area contributed by atoms with Crippen LogP contribution < -0.4 is 5.73 Å². The molecule has 0 radical (unpaired) electrons. The molecule has 0 aliphatic heterocycles. The maximum Gasteiger partial charge on any atom is 0.306 e. The van der Waals surface area contributed by atoms with Crippen LogP contribution in [0.2, 0.25) is 0 Å². The summed E-state index contributed by atoms with van der Waals surface area (Å²) < 4.78 is 0. The van der Waals surface area contributed by atoms with Crippen LogP contribution >= 0.6 is 0 Å². The molecule has 17 heavy (non-hydrogen) atoms. The zero-order chi connectivity index (χ0) is 13.0. The highest BCUT2D eigenvalue weighted by Crippen LogP contribution is 2.21. The van der Waals surface area contributed by atoms with Crippen molar-refractivity contribution in [3.63, 3.8) is 0 Å². The number of anilines is 1. The Balaban J connectivity index is 2.93. The Morgan fingerprint density at radius 3 is 2.76 bits per heavy atom. The Labute approximate surface area is 96.8 Å². The van der Waals surface area contributed by atoms with Gasteiger partial charge in [-0.15, -0.1) is 0 Å². The average Bonchev–Trinajstić information content (AvgIpc) is 2.27. The summed E-state index contributed by atoms with van der Waals surface area (Å²) in [6.45, 7) is 0. The second-order valence-corrected chi connectivity index (χ2v) is 3.42. The van der Waals surface area contributed by atoms with Crippen LogP contribution in [0.5, 0.6) is 0 Å². The normalized spacial score (nSPS) is 13.7. The summed E-state index contributed by atoms with van der Waals surface area (Å²) in [5, 5.41) is 36.2. The summed E-state index contributed by atoms with van der Waals surface area (Å²) >= 11 is 0. The van der Waals surface area contributed by atoms with E-state index in [1.165, 1.54) is 12.3 Å². The van der Waals surface area contributed by atoms with Crippen LogP contribution in [0.1, 0.15) is 23.7 Å². The minimum Gasteiger partial charge on any atom is -0.481 e. The van der Waals surface area contributed by atoms with Gasteiger partial charge in [0.05, 0.1) is 18.1 Å².